The number of anilines is 1. The Morgan fingerprint density at radius 3 is 2.34 bits per heavy atom. The summed E-state index contributed by atoms with van der Waals surface area (Å²) in [4.78, 5) is 53.0. The Balaban J connectivity index is 1.92. The first-order valence-corrected chi connectivity index (χ1v) is 13.3. The molecule has 252 valence electrons. The number of fused-ring (bicyclic) bond motifs is 1. The van der Waals surface area contributed by atoms with Crippen LogP contribution in [0.5, 0.6) is 0 Å². The Hall–Kier alpha value is -5.01. The Morgan fingerprint density at radius 2 is 1.79 bits per heavy atom. The zero-order chi connectivity index (χ0) is 35.0. The molecule has 0 fully saturated rings. The van der Waals surface area contributed by atoms with Crippen molar-refractivity contribution in [3.05, 3.63) is 58.0 Å². The van der Waals surface area contributed by atoms with Crippen LogP contribution in [0.15, 0.2) is 35.5 Å². The number of nitrogens with zero attached hydrogens (tertiary/aromatic N) is 3. The number of aromatic nitrogens is 2. The summed E-state index contributed by atoms with van der Waals surface area (Å²) >= 11 is 5.70. The van der Waals surface area contributed by atoms with Gasteiger partial charge < -0.3 is 26.8 Å². The van der Waals surface area contributed by atoms with Gasteiger partial charge in [-0.25, -0.2) is 18.6 Å². The van der Waals surface area contributed by atoms with Crippen molar-refractivity contribution in [1.29, 1.82) is 0 Å². The van der Waals surface area contributed by atoms with Gasteiger partial charge in [0, 0.05) is 16.9 Å². The molecule has 6 N–H and O–H groups in total. The van der Waals surface area contributed by atoms with Gasteiger partial charge in [0.2, 0.25) is 11.8 Å². The lowest BCUT2D eigenvalue weighted by Crippen LogP contribution is -2.41. The van der Waals surface area contributed by atoms with E-state index in [9.17, 15) is 54.3 Å². The highest BCUT2D eigenvalue weighted by atomic mass is 35.5. The summed E-state index contributed by atoms with van der Waals surface area (Å²) in [5, 5.41) is 8.35. The molecule has 0 spiro atoms. The van der Waals surface area contributed by atoms with Crippen molar-refractivity contribution < 1.29 is 59.0 Å². The number of benzene rings is 2. The van der Waals surface area contributed by atoms with E-state index in [0.717, 1.165) is 16.9 Å². The summed E-state index contributed by atoms with van der Waals surface area (Å²) in [5.41, 5.74) is 7.90. The summed E-state index contributed by atoms with van der Waals surface area (Å²) in [6, 6.07) is 0.885. The molecule has 0 saturated carbocycles. The van der Waals surface area contributed by atoms with Crippen LogP contribution >= 0.6 is 11.6 Å². The highest BCUT2D eigenvalue weighted by molar-refractivity contribution is 6.30. The Labute approximate surface area is 262 Å². The average Bonchev–Trinajstić information content (AvgIpc) is 3.37. The van der Waals surface area contributed by atoms with Gasteiger partial charge in [-0.1, -0.05) is 11.6 Å². The van der Waals surface area contributed by atoms with Crippen molar-refractivity contribution >= 4 is 57.9 Å². The third-order valence-electron chi connectivity index (χ3n) is 6.74. The summed E-state index contributed by atoms with van der Waals surface area (Å²) in [6.07, 6.45) is -12.7. The number of halogens is 9. The second-order valence-corrected chi connectivity index (χ2v) is 10.4. The van der Waals surface area contributed by atoms with Crippen LogP contribution in [0, 0.1) is 5.82 Å². The lowest BCUT2D eigenvalue weighted by atomic mass is 9.86. The smallest absolute Gasteiger partial charge is 0.386 e. The van der Waals surface area contributed by atoms with Gasteiger partial charge >= 0.3 is 24.3 Å². The SMILES string of the molecule is NC(=O)c1cc(NC2=NCC(F)CN2)c2cnn(C(C(N)=O)[C@@H](CC(=O)OC(=O)C(F)(F)F)c3cc(Cl)c(F)c(C(F)(F)F)c3)c2c1. The minimum Gasteiger partial charge on any atom is -0.386 e. The maximum absolute atomic E-state index is 14.4. The molecule has 3 aromatic rings. The molecule has 21 heteroatoms. The number of carbonyl (C=O) groups excluding carboxylic acids is 4. The molecule has 2 aromatic carbocycles. The van der Waals surface area contributed by atoms with Crippen molar-refractivity contribution in [3.63, 3.8) is 0 Å². The summed E-state index contributed by atoms with van der Waals surface area (Å²) < 4.78 is 112. The molecule has 0 saturated heterocycles. The van der Waals surface area contributed by atoms with Gasteiger partial charge in [0.15, 0.2) is 11.8 Å². The lowest BCUT2D eigenvalue weighted by molar-refractivity contribution is -0.202. The standard InChI is InChI=1S/C26H20ClF8N7O5/c27-15-2-9(1-14(19(15)29)25(30,31)32)12(5-18(43)47-23(46)26(33,34)35)20(22(37)45)42-17-4-10(21(36)44)3-16(13(17)8-40-42)41-24-38-6-11(28)7-39-24/h1-4,8,11-12,20H,5-7H2,(H2,36,44)(H2,37,45)(H2,38,39,41)/t12-,20?/m0/s1. The molecule has 3 atom stereocenters. The number of aliphatic imine (C=N–C) groups is 1. The second-order valence-electron chi connectivity index (χ2n) is 9.98. The molecule has 0 aliphatic carbocycles. The molecule has 0 radical (unpaired) electrons. The average molecular weight is 698 g/mol. The number of ether oxygens (including phenoxy) is 1. The van der Waals surface area contributed by atoms with Gasteiger partial charge in [-0.15, -0.1) is 0 Å². The number of amides is 2. The summed E-state index contributed by atoms with van der Waals surface area (Å²) in [6.45, 7) is -0.367. The van der Waals surface area contributed by atoms with Gasteiger partial charge in [-0.05, 0) is 29.8 Å². The lowest BCUT2D eigenvalue weighted by Gasteiger charge is -2.27. The fraction of sp³-hybridized carbons (Fsp3) is 0.308. The van der Waals surface area contributed by atoms with E-state index in [1.165, 1.54) is 6.07 Å². The molecular weight excluding hydrogens is 678 g/mol. The van der Waals surface area contributed by atoms with E-state index in [-0.39, 0.29) is 47.3 Å². The predicted molar refractivity (Wildman–Crippen MR) is 146 cm³/mol. The molecule has 2 unspecified atom stereocenters. The van der Waals surface area contributed by atoms with Crippen LogP contribution in [-0.2, 0) is 25.3 Å². The summed E-state index contributed by atoms with van der Waals surface area (Å²) in [5.74, 6) is -11.4. The zero-order valence-corrected chi connectivity index (χ0v) is 23.9. The normalized spacial score (nSPS) is 16.5. The molecule has 2 heterocycles. The number of primary amides is 2. The minimum absolute atomic E-state index is 0.0326. The first-order valence-electron chi connectivity index (χ1n) is 13.0. The van der Waals surface area contributed by atoms with Gasteiger partial charge in [0.1, 0.15) is 12.2 Å². The van der Waals surface area contributed by atoms with Crippen LogP contribution in [0.2, 0.25) is 5.02 Å². The predicted octanol–water partition coefficient (Wildman–Crippen LogP) is 3.49. The molecular formula is C26H20ClF8N7O5. The van der Waals surface area contributed by atoms with E-state index >= 15 is 0 Å². The Bertz CT molecular complexity index is 1790. The van der Waals surface area contributed by atoms with Gasteiger partial charge in [0.25, 0.3) is 0 Å². The summed E-state index contributed by atoms with van der Waals surface area (Å²) in [7, 11) is 0. The van der Waals surface area contributed by atoms with Crippen LogP contribution in [0.1, 0.15) is 39.9 Å². The number of guanidine groups is 1. The quantitative estimate of drug-likeness (QED) is 0.157. The molecule has 1 aliphatic heterocycles. The van der Waals surface area contributed by atoms with Crippen LogP contribution in [0.25, 0.3) is 10.9 Å². The Kier molecular flexibility index (Phi) is 9.65. The molecule has 12 nitrogen and oxygen atoms in total. The third-order valence-corrected chi connectivity index (χ3v) is 7.01. The van der Waals surface area contributed by atoms with E-state index in [0.29, 0.717) is 6.07 Å². The number of carbonyl (C=O) groups is 4. The van der Waals surface area contributed by atoms with Crippen molar-refractivity contribution in [2.24, 2.45) is 16.5 Å². The number of hydrogen-bond acceptors (Lipinski definition) is 9. The molecule has 1 aromatic heterocycles. The third kappa shape index (κ3) is 7.69. The van der Waals surface area contributed by atoms with E-state index in [1.807, 2.05) is 0 Å². The molecule has 0 bridgehead atoms. The first-order chi connectivity index (χ1) is 21.8. The first kappa shape index (κ1) is 34.9. The van der Waals surface area contributed by atoms with Crippen LogP contribution in [-0.4, -0.2) is 64.9 Å². The number of rotatable bonds is 8. The van der Waals surface area contributed by atoms with E-state index in [1.54, 1.807) is 0 Å². The van der Waals surface area contributed by atoms with Gasteiger partial charge in [-0.2, -0.15) is 31.4 Å². The fourth-order valence-electron chi connectivity index (χ4n) is 4.66. The monoisotopic (exact) mass is 697 g/mol. The number of esters is 2. The van der Waals surface area contributed by atoms with Crippen LogP contribution in [0.3, 0.4) is 0 Å². The maximum Gasteiger partial charge on any atom is 0.491 e. The second kappa shape index (κ2) is 13.0. The highest BCUT2D eigenvalue weighted by Crippen LogP contribution is 2.41. The largest absolute Gasteiger partial charge is 0.491 e. The van der Waals surface area contributed by atoms with Crippen molar-refractivity contribution in [1.82, 2.24) is 15.1 Å². The van der Waals surface area contributed by atoms with E-state index in [2.05, 4.69) is 25.5 Å². The van der Waals surface area contributed by atoms with Crippen molar-refractivity contribution in [2.45, 2.75) is 36.9 Å². The minimum atomic E-state index is -5.66. The number of hydrogen-bond donors (Lipinski definition) is 4. The van der Waals surface area contributed by atoms with Crippen molar-refractivity contribution in [3.8, 4) is 0 Å². The Morgan fingerprint density at radius 1 is 1.11 bits per heavy atom. The number of nitrogens with two attached hydrogens (primary N) is 2. The van der Waals surface area contributed by atoms with E-state index in [4.69, 9.17) is 23.1 Å². The highest BCUT2D eigenvalue weighted by Gasteiger charge is 2.44. The van der Waals surface area contributed by atoms with Crippen LogP contribution < -0.4 is 22.1 Å². The molecule has 1 aliphatic rings. The molecule has 47 heavy (non-hydrogen) atoms. The number of alkyl halides is 7. The van der Waals surface area contributed by atoms with Crippen LogP contribution in [0.4, 0.5) is 40.8 Å². The topological polar surface area (TPSA) is 184 Å². The fourth-order valence-corrected chi connectivity index (χ4v) is 4.88. The van der Waals surface area contributed by atoms with E-state index < -0.39 is 82.6 Å². The molecule has 2 amide bonds. The van der Waals surface area contributed by atoms with Crippen molar-refractivity contribution in [2.75, 3.05) is 18.4 Å². The van der Waals surface area contributed by atoms with Gasteiger partial charge in [0.05, 0.1) is 47.5 Å². The molecule has 4 rings (SSSR count). The number of nitrogens with one attached hydrogen (secondary N) is 2. The zero-order valence-electron chi connectivity index (χ0n) is 23.2. The van der Waals surface area contributed by atoms with Gasteiger partial charge in [-0.3, -0.25) is 19.1 Å². The maximum atomic E-state index is 14.4.